The van der Waals surface area contributed by atoms with Gasteiger partial charge in [0.1, 0.15) is 6.07 Å². The maximum Gasteiger partial charge on any atom is 0.349 e. The van der Waals surface area contributed by atoms with Crippen LogP contribution < -0.4 is 21.3 Å². The topological polar surface area (TPSA) is 156 Å². The van der Waals surface area contributed by atoms with Gasteiger partial charge in [0, 0.05) is 12.2 Å². The zero-order chi connectivity index (χ0) is 22.2. The van der Waals surface area contributed by atoms with Gasteiger partial charge in [-0.3, -0.25) is 9.78 Å². The van der Waals surface area contributed by atoms with E-state index in [2.05, 4.69) is 10.4 Å². The van der Waals surface area contributed by atoms with Crippen LogP contribution in [0.25, 0.3) is 5.69 Å². The number of hydrogen-bond acceptors (Lipinski definition) is 9. The van der Waals surface area contributed by atoms with E-state index in [4.69, 9.17) is 33.2 Å². The summed E-state index contributed by atoms with van der Waals surface area (Å²) in [5, 5.41) is 35.2. The number of rotatable bonds is 4. The summed E-state index contributed by atoms with van der Waals surface area (Å²) in [6.07, 6.45) is -1.03. The van der Waals surface area contributed by atoms with E-state index in [1.807, 2.05) is 18.8 Å². The van der Waals surface area contributed by atoms with Gasteiger partial charge in [0.15, 0.2) is 24.1 Å². The smallest absolute Gasteiger partial charge is 0.349 e. The molecular formula is C17H16Cl2N6O5. The molecule has 11 nitrogen and oxygen atoms in total. The summed E-state index contributed by atoms with van der Waals surface area (Å²) in [6.45, 7) is 3.66. The predicted octanol–water partition coefficient (Wildman–Crippen LogP) is 0.227. The number of nitriles is 1. The Morgan fingerprint density at radius 2 is 1.90 bits per heavy atom. The van der Waals surface area contributed by atoms with Crippen molar-refractivity contribution in [1.82, 2.24) is 25.0 Å². The van der Waals surface area contributed by atoms with E-state index >= 15 is 0 Å². The molecule has 0 bridgehead atoms. The van der Waals surface area contributed by atoms with E-state index in [1.165, 1.54) is 23.2 Å². The summed E-state index contributed by atoms with van der Waals surface area (Å²) in [7, 11) is 0. The number of ether oxygens (including phenoxy) is 1. The van der Waals surface area contributed by atoms with Gasteiger partial charge in [0.25, 0.3) is 5.56 Å². The van der Waals surface area contributed by atoms with E-state index in [0.29, 0.717) is 0 Å². The fourth-order valence-electron chi connectivity index (χ4n) is 2.64. The van der Waals surface area contributed by atoms with E-state index in [1.54, 1.807) is 6.07 Å². The molecule has 0 saturated heterocycles. The lowest BCUT2D eigenvalue weighted by Crippen LogP contribution is -2.55. The molecule has 30 heavy (non-hydrogen) atoms. The summed E-state index contributed by atoms with van der Waals surface area (Å²) >= 11 is 12.5. The Hall–Kier alpha value is -2.88. The van der Waals surface area contributed by atoms with Crippen molar-refractivity contribution in [2.75, 3.05) is 0 Å². The molecule has 2 aromatic rings. The van der Waals surface area contributed by atoms with Gasteiger partial charge in [-0.05, 0) is 26.0 Å². The minimum atomic E-state index is -1.33. The number of hydrogen-bond donors (Lipinski definition) is 4. The molecule has 1 aliphatic rings. The molecule has 2 unspecified atom stereocenters. The first kappa shape index (κ1) is 21.8. The van der Waals surface area contributed by atoms with Crippen molar-refractivity contribution in [3.8, 4) is 17.5 Å². The van der Waals surface area contributed by atoms with Crippen LogP contribution in [0.1, 0.15) is 19.5 Å². The van der Waals surface area contributed by atoms with Crippen LogP contribution in [0, 0.1) is 11.3 Å². The maximum absolute atomic E-state index is 12.0. The zero-order valence-electron chi connectivity index (χ0n) is 15.6. The van der Waals surface area contributed by atoms with Gasteiger partial charge in [0.2, 0.25) is 5.69 Å². The van der Waals surface area contributed by atoms with Gasteiger partial charge in [-0.25, -0.2) is 10.1 Å². The molecule has 0 spiro atoms. The van der Waals surface area contributed by atoms with Gasteiger partial charge >= 0.3 is 5.69 Å². The zero-order valence-corrected chi connectivity index (χ0v) is 17.1. The third-order valence-corrected chi connectivity index (χ3v) is 4.67. The Morgan fingerprint density at radius 1 is 1.27 bits per heavy atom. The van der Waals surface area contributed by atoms with Crippen molar-refractivity contribution in [1.29, 1.82) is 5.26 Å². The van der Waals surface area contributed by atoms with E-state index in [0.717, 1.165) is 4.68 Å². The van der Waals surface area contributed by atoms with Gasteiger partial charge in [-0.15, -0.1) is 5.10 Å². The number of aliphatic hydroxyl groups excluding tert-OH is 2. The Labute approximate surface area is 179 Å². The highest BCUT2D eigenvalue weighted by Gasteiger charge is 2.29. The number of H-pyrrole nitrogens is 1. The van der Waals surface area contributed by atoms with Gasteiger partial charge in [-0.2, -0.15) is 9.94 Å². The SMILES string of the molecule is CC(C)N1C=C(Oc2c(Cl)cc(-n3nc(C#N)c(=O)[nH]c3=O)cc2Cl)C(O)NC1O. The molecule has 2 atom stereocenters. The second-order valence-corrected chi connectivity index (χ2v) is 7.30. The first-order chi connectivity index (χ1) is 14.1. The molecule has 1 aromatic carbocycles. The minimum absolute atomic E-state index is 0.0211. The fraction of sp³-hybridized carbons (Fsp3) is 0.294. The Kier molecular flexibility index (Phi) is 6.16. The number of halogens is 2. The average molecular weight is 455 g/mol. The third kappa shape index (κ3) is 4.18. The van der Waals surface area contributed by atoms with Crippen LogP contribution in [0.5, 0.6) is 5.75 Å². The number of benzene rings is 1. The van der Waals surface area contributed by atoms with E-state index < -0.39 is 29.5 Å². The van der Waals surface area contributed by atoms with Crippen molar-refractivity contribution in [3.05, 3.63) is 60.7 Å². The molecule has 0 aliphatic carbocycles. The quantitative estimate of drug-likeness (QED) is 0.507. The monoisotopic (exact) mass is 454 g/mol. The molecule has 4 N–H and O–H groups in total. The maximum atomic E-state index is 12.0. The highest BCUT2D eigenvalue weighted by atomic mass is 35.5. The molecule has 0 radical (unpaired) electrons. The standard InChI is InChI=1S/C17H16Cl2N6O5/c1-7(2)24-6-12(15(27)22-16(24)28)30-13-9(18)3-8(4-10(13)19)25-17(29)21-14(26)11(5-20)23-25/h3-4,6-7,15-16,22,27-28H,1-2H3,(H,21,26,29). The van der Waals surface area contributed by atoms with Gasteiger partial charge in [0.05, 0.1) is 15.7 Å². The van der Waals surface area contributed by atoms with Crippen molar-refractivity contribution >= 4 is 23.2 Å². The molecule has 1 aliphatic heterocycles. The second-order valence-electron chi connectivity index (χ2n) is 6.49. The first-order valence-electron chi connectivity index (χ1n) is 8.54. The second kappa shape index (κ2) is 8.47. The van der Waals surface area contributed by atoms with Crippen LogP contribution in [0.15, 0.2) is 33.7 Å². The molecule has 2 heterocycles. The lowest BCUT2D eigenvalue weighted by atomic mass is 10.2. The molecular weight excluding hydrogens is 439 g/mol. The largest absolute Gasteiger partial charge is 0.453 e. The average Bonchev–Trinajstić information content (AvgIpc) is 2.65. The molecule has 1 aromatic heterocycles. The molecule has 13 heteroatoms. The normalized spacial score (nSPS) is 18.9. The minimum Gasteiger partial charge on any atom is -0.453 e. The molecule has 0 saturated carbocycles. The Bertz CT molecular complexity index is 1150. The highest BCUT2D eigenvalue weighted by molar-refractivity contribution is 6.37. The molecule has 0 amide bonds. The van der Waals surface area contributed by atoms with Crippen LogP contribution in [0.2, 0.25) is 10.0 Å². The summed E-state index contributed by atoms with van der Waals surface area (Å²) in [5.74, 6) is 0.00362. The van der Waals surface area contributed by atoms with Crippen LogP contribution in [-0.2, 0) is 0 Å². The van der Waals surface area contributed by atoms with Crippen molar-refractivity contribution in [2.45, 2.75) is 32.5 Å². The highest BCUT2D eigenvalue weighted by Crippen LogP contribution is 2.37. The van der Waals surface area contributed by atoms with E-state index in [-0.39, 0.29) is 33.3 Å². The van der Waals surface area contributed by atoms with E-state index in [9.17, 15) is 19.8 Å². The van der Waals surface area contributed by atoms with Crippen LogP contribution in [0.4, 0.5) is 0 Å². The van der Waals surface area contributed by atoms with Crippen LogP contribution in [-0.4, -0.2) is 48.5 Å². The third-order valence-electron chi connectivity index (χ3n) is 4.11. The summed E-state index contributed by atoms with van der Waals surface area (Å²) in [6, 6.07) is 4.04. The molecule has 3 rings (SSSR count). The number of nitrogens with zero attached hydrogens (tertiary/aromatic N) is 4. The fourth-order valence-corrected chi connectivity index (χ4v) is 3.20. The van der Waals surface area contributed by atoms with Gasteiger partial charge in [-0.1, -0.05) is 23.2 Å². The number of aromatic amines is 1. The Balaban J connectivity index is 2.01. The van der Waals surface area contributed by atoms with Crippen LogP contribution in [0.3, 0.4) is 0 Å². The number of aliphatic hydroxyl groups is 2. The first-order valence-corrected chi connectivity index (χ1v) is 9.30. The van der Waals surface area contributed by atoms with Crippen molar-refractivity contribution < 1.29 is 14.9 Å². The lowest BCUT2D eigenvalue weighted by molar-refractivity contribution is -0.0662. The number of nitrogens with one attached hydrogen (secondary N) is 2. The van der Waals surface area contributed by atoms with Crippen molar-refractivity contribution in [2.24, 2.45) is 0 Å². The molecule has 0 fully saturated rings. The number of aromatic nitrogens is 3. The van der Waals surface area contributed by atoms with Crippen LogP contribution >= 0.6 is 23.2 Å². The summed E-state index contributed by atoms with van der Waals surface area (Å²) < 4.78 is 6.42. The lowest BCUT2D eigenvalue weighted by Gasteiger charge is -2.37. The summed E-state index contributed by atoms with van der Waals surface area (Å²) in [4.78, 5) is 27.0. The predicted molar refractivity (Wildman–Crippen MR) is 106 cm³/mol. The summed E-state index contributed by atoms with van der Waals surface area (Å²) in [5.41, 5.74) is -2.25. The van der Waals surface area contributed by atoms with Gasteiger partial charge < -0.3 is 19.8 Å². The molecule has 158 valence electrons. The Morgan fingerprint density at radius 3 is 2.47 bits per heavy atom. The van der Waals surface area contributed by atoms with Crippen molar-refractivity contribution in [3.63, 3.8) is 0 Å².